The lowest BCUT2D eigenvalue weighted by Crippen LogP contribution is -2.15. The van der Waals surface area contributed by atoms with Gasteiger partial charge in [0.25, 0.3) is 5.56 Å². The van der Waals surface area contributed by atoms with Gasteiger partial charge in [0, 0.05) is 30.6 Å². The molecule has 0 atom stereocenters. The Labute approximate surface area is 154 Å². The molecule has 1 aromatic carbocycles. The summed E-state index contributed by atoms with van der Waals surface area (Å²) in [5.74, 6) is 1.37. The molecule has 4 aromatic rings. The van der Waals surface area contributed by atoms with Crippen LogP contribution in [0.1, 0.15) is 11.3 Å². The van der Waals surface area contributed by atoms with Crippen LogP contribution in [0.2, 0.25) is 0 Å². The highest BCUT2D eigenvalue weighted by Crippen LogP contribution is 2.24. The summed E-state index contributed by atoms with van der Waals surface area (Å²) in [6, 6.07) is 15.3. The van der Waals surface area contributed by atoms with Crippen molar-refractivity contribution in [3.05, 3.63) is 76.3 Å². The Hall–Kier alpha value is -2.93. The number of rotatable bonds is 4. The summed E-state index contributed by atoms with van der Waals surface area (Å²) in [7, 11) is 1.94. The molecule has 0 bridgehead atoms. The molecule has 0 N–H and O–H groups in total. The molecule has 3 heterocycles. The summed E-state index contributed by atoms with van der Waals surface area (Å²) in [4.78, 5) is 16.9. The maximum atomic E-state index is 12.3. The number of fused-ring (bicyclic) bond motifs is 1. The lowest BCUT2D eigenvalue weighted by molar-refractivity contribution is 0.793. The van der Waals surface area contributed by atoms with Gasteiger partial charge in [-0.2, -0.15) is 0 Å². The second-order valence-corrected chi connectivity index (χ2v) is 6.98. The van der Waals surface area contributed by atoms with Gasteiger partial charge >= 0.3 is 0 Å². The third kappa shape index (κ3) is 3.13. The molecule has 0 radical (unpaired) electrons. The number of nitrogens with zero attached hydrogens (tertiary/aromatic N) is 5. The van der Waals surface area contributed by atoms with Crippen molar-refractivity contribution in [3.63, 3.8) is 0 Å². The van der Waals surface area contributed by atoms with E-state index >= 15 is 0 Å². The number of hydrogen-bond acceptors (Lipinski definition) is 5. The highest BCUT2D eigenvalue weighted by atomic mass is 32.2. The minimum absolute atomic E-state index is 0.0720. The SMILES string of the molecule is Cc1ccc2nc(CSc3nnc(-c4ccccc4)n3C)cc(=O)n2c1. The molecule has 7 heteroatoms. The fraction of sp³-hybridized carbons (Fsp3) is 0.158. The van der Waals surface area contributed by atoms with E-state index in [1.807, 2.05) is 61.0 Å². The number of benzene rings is 1. The van der Waals surface area contributed by atoms with Crippen molar-refractivity contribution < 1.29 is 0 Å². The molecule has 0 aliphatic rings. The number of aryl methyl sites for hydroxylation is 1. The van der Waals surface area contributed by atoms with Crippen molar-refractivity contribution in [1.29, 1.82) is 0 Å². The van der Waals surface area contributed by atoms with E-state index in [-0.39, 0.29) is 5.56 Å². The minimum Gasteiger partial charge on any atom is -0.305 e. The Kier molecular flexibility index (Phi) is 4.30. The molecule has 0 saturated carbocycles. The van der Waals surface area contributed by atoms with Crippen molar-refractivity contribution in [1.82, 2.24) is 24.1 Å². The molecular weight excluding hydrogens is 346 g/mol. The normalized spacial score (nSPS) is 11.2. The van der Waals surface area contributed by atoms with Gasteiger partial charge in [0.05, 0.1) is 5.69 Å². The van der Waals surface area contributed by atoms with E-state index in [9.17, 15) is 4.79 Å². The van der Waals surface area contributed by atoms with Crippen molar-refractivity contribution >= 4 is 17.4 Å². The first-order valence-corrected chi connectivity index (χ1v) is 9.17. The lowest BCUT2D eigenvalue weighted by Gasteiger charge is -2.05. The van der Waals surface area contributed by atoms with Crippen molar-refractivity contribution in [2.45, 2.75) is 17.8 Å². The van der Waals surface area contributed by atoms with Gasteiger partial charge in [-0.15, -0.1) is 10.2 Å². The largest absolute Gasteiger partial charge is 0.305 e. The van der Waals surface area contributed by atoms with E-state index in [4.69, 9.17) is 0 Å². The van der Waals surface area contributed by atoms with E-state index in [0.29, 0.717) is 11.4 Å². The molecule has 26 heavy (non-hydrogen) atoms. The highest BCUT2D eigenvalue weighted by molar-refractivity contribution is 7.98. The van der Waals surface area contributed by atoms with Gasteiger partial charge in [-0.25, -0.2) is 4.98 Å². The van der Waals surface area contributed by atoms with Gasteiger partial charge in [-0.1, -0.05) is 48.2 Å². The van der Waals surface area contributed by atoms with Crippen LogP contribution >= 0.6 is 11.8 Å². The smallest absolute Gasteiger partial charge is 0.258 e. The van der Waals surface area contributed by atoms with Gasteiger partial charge in [0.2, 0.25) is 0 Å². The van der Waals surface area contributed by atoms with Crippen LogP contribution in [0.15, 0.2) is 64.7 Å². The molecule has 6 nitrogen and oxygen atoms in total. The molecular formula is C19H17N5OS. The maximum Gasteiger partial charge on any atom is 0.258 e. The van der Waals surface area contributed by atoms with Crippen molar-refractivity contribution in [2.24, 2.45) is 7.05 Å². The topological polar surface area (TPSA) is 65.1 Å². The molecule has 0 spiro atoms. The molecule has 0 fully saturated rings. The monoisotopic (exact) mass is 363 g/mol. The van der Waals surface area contributed by atoms with E-state index in [2.05, 4.69) is 15.2 Å². The van der Waals surface area contributed by atoms with Crippen molar-refractivity contribution in [3.8, 4) is 11.4 Å². The lowest BCUT2D eigenvalue weighted by atomic mass is 10.2. The highest BCUT2D eigenvalue weighted by Gasteiger charge is 2.12. The van der Waals surface area contributed by atoms with E-state index in [1.165, 1.54) is 11.8 Å². The predicted octanol–water partition coefficient (Wildman–Crippen LogP) is 3.09. The maximum absolute atomic E-state index is 12.3. The molecule has 4 rings (SSSR count). The summed E-state index contributed by atoms with van der Waals surface area (Å²) in [5, 5.41) is 9.34. The number of aromatic nitrogens is 5. The molecule has 0 unspecified atom stereocenters. The van der Waals surface area contributed by atoms with E-state index in [0.717, 1.165) is 27.8 Å². The Morgan fingerprint density at radius 1 is 1.08 bits per heavy atom. The Bertz CT molecular complexity index is 1130. The van der Waals surface area contributed by atoms with Crippen LogP contribution in [-0.2, 0) is 12.8 Å². The summed E-state index contributed by atoms with van der Waals surface area (Å²) in [6.07, 6.45) is 1.80. The standard InChI is InChI=1S/C19H17N5OS/c1-13-8-9-16-20-15(10-17(25)24(16)11-13)12-26-19-22-21-18(23(19)2)14-6-4-3-5-7-14/h3-11H,12H2,1-2H3. The van der Waals surface area contributed by atoms with Crippen LogP contribution in [0.5, 0.6) is 0 Å². The van der Waals surface area contributed by atoms with Crippen LogP contribution in [0.4, 0.5) is 0 Å². The average Bonchev–Trinajstić information content (AvgIpc) is 3.02. The molecule has 130 valence electrons. The minimum atomic E-state index is -0.0720. The van der Waals surface area contributed by atoms with Crippen LogP contribution in [0.25, 0.3) is 17.0 Å². The first-order chi connectivity index (χ1) is 12.6. The number of thioether (sulfide) groups is 1. The molecule has 0 aliphatic heterocycles. The Morgan fingerprint density at radius 3 is 2.69 bits per heavy atom. The fourth-order valence-electron chi connectivity index (χ4n) is 2.75. The zero-order valence-corrected chi connectivity index (χ0v) is 15.3. The predicted molar refractivity (Wildman–Crippen MR) is 102 cm³/mol. The van der Waals surface area contributed by atoms with Crippen LogP contribution in [-0.4, -0.2) is 24.1 Å². The zero-order chi connectivity index (χ0) is 18.1. The van der Waals surface area contributed by atoms with Gasteiger partial charge in [-0.05, 0) is 18.6 Å². The fourth-order valence-corrected chi connectivity index (χ4v) is 3.55. The van der Waals surface area contributed by atoms with Crippen molar-refractivity contribution in [2.75, 3.05) is 0 Å². The summed E-state index contributed by atoms with van der Waals surface area (Å²) in [5.41, 5.74) is 3.36. The first-order valence-electron chi connectivity index (χ1n) is 8.18. The molecule has 0 saturated heterocycles. The molecule has 0 amide bonds. The van der Waals surface area contributed by atoms with Crippen LogP contribution in [0, 0.1) is 6.92 Å². The second kappa shape index (κ2) is 6.76. The zero-order valence-electron chi connectivity index (χ0n) is 14.5. The number of pyridine rings is 1. The van der Waals surface area contributed by atoms with Gasteiger partial charge < -0.3 is 4.57 Å². The number of hydrogen-bond donors (Lipinski definition) is 0. The summed E-state index contributed by atoms with van der Waals surface area (Å²) in [6.45, 7) is 1.95. The summed E-state index contributed by atoms with van der Waals surface area (Å²) >= 11 is 1.51. The quantitative estimate of drug-likeness (QED) is 0.521. The molecule has 3 aromatic heterocycles. The van der Waals surface area contributed by atoms with Gasteiger partial charge in [-0.3, -0.25) is 9.20 Å². The van der Waals surface area contributed by atoms with Crippen LogP contribution in [0.3, 0.4) is 0 Å². The van der Waals surface area contributed by atoms with E-state index in [1.54, 1.807) is 16.7 Å². The summed E-state index contributed by atoms with van der Waals surface area (Å²) < 4.78 is 3.52. The Morgan fingerprint density at radius 2 is 1.88 bits per heavy atom. The van der Waals surface area contributed by atoms with E-state index < -0.39 is 0 Å². The average molecular weight is 363 g/mol. The van der Waals surface area contributed by atoms with Gasteiger partial charge in [0.1, 0.15) is 5.65 Å². The third-order valence-electron chi connectivity index (χ3n) is 4.08. The third-order valence-corrected chi connectivity index (χ3v) is 5.13. The van der Waals surface area contributed by atoms with Gasteiger partial charge in [0.15, 0.2) is 11.0 Å². The second-order valence-electron chi connectivity index (χ2n) is 6.04. The first kappa shape index (κ1) is 16.5. The van der Waals surface area contributed by atoms with Crippen LogP contribution < -0.4 is 5.56 Å². The Balaban J connectivity index is 1.58. The molecule has 0 aliphatic carbocycles.